The number of aromatic nitrogens is 3. The molecule has 0 saturated heterocycles. The first-order chi connectivity index (χ1) is 47.7. The van der Waals surface area contributed by atoms with Gasteiger partial charge in [-0.15, -0.1) is 0 Å². The lowest BCUT2D eigenvalue weighted by Gasteiger charge is -2.29. The van der Waals surface area contributed by atoms with E-state index >= 15 is 0 Å². The van der Waals surface area contributed by atoms with Crippen molar-refractivity contribution in [3.8, 4) is 50.4 Å². The van der Waals surface area contributed by atoms with E-state index in [0.717, 1.165) is 0 Å². The summed E-state index contributed by atoms with van der Waals surface area (Å²) in [7, 11) is 0. The highest BCUT2D eigenvalue weighted by Gasteiger charge is 2.38. The lowest BCUT2D eigenvalue weighted by Crippen LogP contribution is -2.56. The van der Waals surface area contributed by atoms with Crippen molar-refractivity contribution in [2.24, 2.45) is 0 Å². The molecular weight excluding hydrogens is 1160 g/mol. The molecule has 0 amide bonds. The van der Waals surface area contributed by atoms with Crippen molar-refractivity contribution >= 4 is 135 Å². The van der Waals surface area contributed by atoms with Crippen LogP contribution in [-0.4, -0.2) is 33.8 Å². The molecule has 18 aromatic rings. The molecule has 6 heterocycles. The summed E-state index contributed by atoms with van der Waals surface area (Å²) >= 11 is 0. The largest absolute Gasteiger partial charge is 0.310 e. The van der Waals surface area contributed by atoms with Crippen molar-refractivity contribution in [1.82, 2.24) is 13.7 Å². The van der Waals surface area contributed by atoms with Crippen LogP contribution in [0.2, 0.25) is 0 Å². The highest BCUT2D eigenvalue weighted by Crippen LogP contribution is 2.39. The van der Waals surface area contributed by atoms with Crippen LogP contribution in [0.1, 0.15) is 0 Å². The van der Waals surface area contributed by atoms with Gasteiger partial charge in [0.2, 0.25) is 20.1 Å². The fraction of sp³-hybridized carbons (Fsp3) is 0. The third-order valence-corrected chi connectivity index (χ3v) is 20.6. The van der Waals surface area contributed by atoms with Crippen molar-refractivity contribution in [2.75, 3.05) is 0 Å². The third-order valence-electron chi connectivity index (χ3n) is 20.6. The first-order valence-electron chi connectivity index (χ1n) is 33.5. The molecule has 0 unspecified atom stereocenters. The summed E-state index contributed by atoms with van der Waals surface area (Å²) in [5.74, 6) is 0. The standard InChI is InChI=1S/3C30H20BN/c1-3-11-21(12-4-1)22-19-25-24-15-7-9-17-28(24)32-29-18-10-8-16-26(29)31(27(20-22)30(25)32)23-13-5-2-6-14-23;1-3-11-21(12-4-1)23-19-20-25-24-15-7-9-17-27(24)32-28-18-10-8-16-26(28)31(29(23)30(25)32)22-13-5-2-6-14-22;1-2-11-21(12-3-1)22-13-4-6-16-25(22)31-26-17-7-9-20-29(26)32-28-19-8-5-14-23(28)24-15-10-18-27(31)30(24)32/h3*1-20H. The van der Waals surface area contributed by atoms with E-state index in [-0.39, 0.29) is 20.1 Å². The average Bonchev–Trinajstić information content (AvgIpc) is 1.53. The Bertz CT molecular complexity index is 6020. The van der Waals surface area contributed by atoms with Gasteiger partial charge in [0.1, 0.15) is 0 Å². The monoisotopic (exact) mass is 1220 g/mol. The number of benzene rings is 15. The van der Waals surface area contributed by atoms with Gasteiger partial charge in [-0.25, -0.2) is 0 Å². The second-order valence-electron chi connectivity index (χ2n) is 25.7. The fourth-order valence-corrected chi connectivity index (χ4v) is 16.7. The Morgan fingerprint density at radius 2 is 0.562 bits per heavy atom. The SMILES string of the molecule is c1ccc(-c2ccccc2B2c3ccccc3-n3c4ccccc4c4cccc2c43)cc1.c1ccc(B2c3ccccc3-n3c4ccccc4c4cc(-c5ccccc5)cc2c43)cc1.c1ccc(B2c3ccccc3-n3c4ccccc4c4ccc(-c5ccccc5)c2c43)cc1. The van der Waals surface area contributed by atoms with Crippen LogP contribution in [0.15, 0.2) is 364 Å². The molecule has 0 radical (unpaired) electrons. The summed E-state index contributed by atoms with van der Waals surface area (Å²) in [5.41, 5.74) is 31.6. The summed E-state index contributed by atoms with van der Waals surface area (Å²) in [5, 5.41) is 7.92. The molecule has 21 rings (SSSR count). The minimum absolute atomic E-state index is 0.183. The van der Waals surface area contributed by atoms with Gasteiger partial charge in [-0.2, -0.15) is 0 Å². The van der Waals surface area contributed by atoms with Crippen LogP contribution >= 0.6 is 0 Å². The van der Waals surface area contributed by atoms with Gasteiger partial charge in [0.25, 0.3) is 0 Å². The quantitative estimate of drug-likeness (QED) is 0.147. The lowest BCUT2D eigenvalue weighted by molar-refractivity contribution is 1.19. The van der Waals surface area contributed by atoms with Gasteiger partial charge in [0.15, 0.2) is 0 Å². The second kappa shape index (κ2) is 22.9. The van der Waals surface area contributed by atoms with E-state index in [2.05, 4.69) is 378 Å². The second-order valence-corrected chi connectivity index (χ2v) is 25.7. The average molecular weight is 1220 g/mol. The number of fused-ring (bicyclic) bond motifs is 15. The Morgan fingerprint density at radius 3 is 1.12 bits per heavy atom. The molecule has 0 bridgehead atoms. The normalized spacial score (nSPS) is 12.3. The Labute approximate surface area is 559 Å². The molecule has 0 fully saturated rings. The third kappa shape index (κ3) is 8.72. The fourth-order valence-electron chi connectivity index (χ4n) is 16.7. The van der Waals surface area contributed by atoms with Gasteiger partial charge in [-0.05, 0) is 109 Å². The van der Waals surface area contributed by atoms with Crippen molar-refractivity contribution in [3.05, 3.63) is 364 Å². The summed E-state index contributed by atoms with van der Waals surface area (Å²) in [4.78, 5) is 0. The maximum Gasteiger partial charge on any atom is 0.247 e. The van der Waals surface area contributed by atoms with E-state index in [9.17, 15) is 0 Å². The smallest absolute Gasteiger partial charge is 0.247 e. The minimum Gasteiger partial charge on any atom is -0.310 e. The van der Waals surface area contributed by atoms with Crippen LogP contribution in [0.25, 0.3) is 116 Å². The zero-order valence-corrected chi connectivity index (χ0v) is 52.7. The van der Waals surface area contributed by atoms with Crippen molar-refractivity contribution in [2.45, 2.75) is 0 Å². The molecule has 0 N–H and O–H groups in total. The molecule has 3 aromatic heterocycles. The van der Waals surface area contributed by atoms with Crippen molar-refractivity contribution < 1.29 is 0 Å². The number of hydrogen-bond acceptors (Lipinski definition) is 0. The first-order valence-corrected chi connectivity index (χ1v) is 33.5. The molecule has 0 aliphatic carbocycles. The van der Waals surface area contributed by atoms with Gasteiger partial charge in [-0.1, -0.05) is 338 Å². The summed E-state index contributed by atoms with van der Waals surface area (Å²) in [6.07, 6.45) is 0. The molecule has 3 aliphatic heterocycles. The molecule has 96 heavy (non-hydrogen) atoms. The van der Waals surface area contributed by atoms with Gasteiger partial charge in [-0.3, -0.25) is 0 Å². The molecule has 3 aliphatic rings. The highest BCUT2D eigenvalue weighted by atomic mass is 15.0. The number of para-hydroxylation sites is 7. The molecule has 6 heteroatoms. The number of rotatable bonds is 6. The van der Waals surface area contributed by atoms with Crippen LogP contribution in [0.3, 0.4) is 0 Å². The Morgan fingerprint density at radius 1 is 0.188 bits per heavy atom. The molecule has 3 nitrogen and oxygen atoms in total. The van der Waals surface area contributed by atoms with Crippen LogP contribution < -0.4 is 49.2 Å². The zero-order chi connectivity index (χ0) is 63.2. The maximum atomic E-state index is 2.49. The van der Waals surface area contributed by atoms with E-state index in [1.165, 1.54) is 165 Å². The summed E-state index contributed by atoms with van der Waals surface area (Å²) < 4.78 is 7.43. The highest BCUT2D eigenvalue weighted by molar-refractivity contribution is 7.00. The molecular formula is C90H60B3N3. The van der Waals surface area contributed by atoms with Gasteiger partial charge < -0.3 is 13.7 Å². The van der Waals surface area contributed by atoms with Crippen molar-refractivity contribution in [1.29, 1.82) is 0 Å². The van der Waals surface area contributed by atoms with Crippen LogP contribution in [0.4, 0.5) is 0 Å². The Kier molecular flexibility index (Phi) is 13.2. The molecule has 0 atom stereocenters. The maximum absolute atomic E-state index is 2.49. The first kappa shape index (κ1) is 55.5. The zero-order valence-electron chi connectivity index (χ0n) is 52.7. The van der Waals surface area contributed by atoms with Gasteiger partial charge >= 0.3 is 0 Å². The van der Waals surface area contributed by atoms with Crippen LogP contribution in [0, 0.1) is 0 Å². The summed E-state index contributed by atoms with van der Waals surface area (Å²) in [6.45, 7) is 0.571. The van der Waals surface area contributed by atoms with Crippen molar-refractivity contribution in [3.63, 3.8) is 0 Å². The van der Waals surface area contributed by atoms with Crippen LogP contribution in [0.5, 0.6) is 0 Å². The summed E-state index contributed by atoms with van der Waals surface area (Å²) in [6, 6.07) is 132. The molecule has 0 saturated carbocycles. The van der Waals surface area contributed by atoms with E-state index < -0.39 is 0 Å². The molecule has 15 aromatic carbocycles. The Hall–Kier alpha value is -12.1. The van der Waals surface area contributed by atoms with Crippen LogP contribution in [-0.2, 0) is 0 Å². The molecule has 0 spiro atoms. The topological polar surface area (TPSA) is 14.8 Å². The predicted octanol–water partition coefficient (Wildman–Crippen LogP) is 15.8. The van der Waals surface area contributed by atoms with Gasteiger partial charge in [0.05, 0.1) is 16.6 Å². The van der Waals surface area contributed by atoms with Gasteiger partial charge in [0, 0.05) is 65.9 Å². The number of hydrogen-bond donors (Lipinski definition) is 0. The minimum atomic E-state index is 0.183. The Balaban J connectivity index is 0.000000102. The van der Waals surface area contributed by atoms with E-state index in [1.807, 2.05) is 0 Å². The molecule has 444 valence electrons. The van der Waals surface area contributed by atoms with E-state index in [1.54, 1.807) is 0 Å². The predicted molar refractivity (Wildman–Crippen MR) is 412 cm³/mol. The van der Waals surface area contributed by atoms with E-state index in [0.29, 0.717) is 0 Å². The van der Waals surface area contributed by atoms with E-state index in [4.69, 9.17) is 0 Å². The number of nitrogens with zero attached hydrogens (tertiary/aromatic N) is 3. The lowest BCUT2D eigenvalue weighted by atomic mass is 9.34.